The van der Waals surface area contributed by atoms with E-state index in [1.165, 1.54) is 17.7 Å². The van der Waals surface area contributed by atoms with E-state index < -0.39 is 0 Å². The molecule has 1 saturated carbocycles. The second kappa shape index (κ2) is 5.43. The van der Waals surface area contributed by atoms with Gasteiger partial charge in [0.25, 0.3) is 0 Å². The van der Waals surface area contributed by atoms with Crippen LogP contribution in [0.3, 0.4) is 0 Å². The number of aliphatic hydroxyl groups excluding tert-OH is 1. The predicted molar refractivity (Wildman–Crippen MR) is 67.1 cm³/mol. The molecule has 0 saturated heterocycles. The SMILES string of the molecule is OC1CCCCC1NCc1cc(Br)cs1. The van der Waals surface area contributed by atoms with Crippen LogP contribution in [-0.2, 0) is 6.54 Å². The fourth-order valence-electron chi connectivity index (χ4n) is 2.03. The molecule has 1 fully saturated rings. The lowest BCUT2D eigenvalue weighted by Crippen LogP contribution is -2.41. The van der Waals surface area contributed by atoms with E-state index in [0.717, 1.165) is 23.9 Å². The van der Waals surface area contributed by atoms with Gasteiger partial charge in [-0.3, -0.25) is 0 Å². The molecule has 2 rings (SSSR count). The number of halogens is 1. The maximum absolute atomic E-state index is 9.78. The van der Waals surface area contributed by atoms with E-state index in [4.69, 9.17) is 0 Å². The molecule has 0 radical (unpaired) electrons. The van der Waals surface area contributed by atoms with Crippen molar-refractivity contribution < 1.29 is 5.11 Å². The van der Waals surface area contributed by atoms with Crippen LogP contribution in [0, 0.1) is 0 Å². The van der Waals surface area contributed by atoms with Gasteiger partial charge in [-0.2, -0.15) is 0 Å². The molecule has 0 spiro atoms. The zero-order valence-electron chi connectivity index (χ0n) is 8.58. The highest BCUT2D eigenvalue weighted by Crippen LogP contribution is 2.22. The zero-order chi connectivity index (χ0) is 10.7. The number of thiophene rings is 1. The monoisotopic (exact) mass is 289 g/mol. The van der Waals surface area contributed by atoms with E-state index in [0.29, 0.717) is 6.04 Å². The summed E-state index contributed by atoms with van der Waals surface area (Å²) in [6.45, 7) is 0.873. The topological polar surface area (TPSA) is 32.3 Å². The molecule has 4 heteroatoms. The third kappa shape index (κ3) is 3.28. The third-order valence-corrected chi connectivity index (χ3v) is 4.59. The van der Waals surface area contributed by atoms with Gasteiger partial charge in [0.2, 0.25) is 0 Å². The Morgan fingerprint density at radius 2 is 2.27 bits per heavy atom. The molecule has 2 atom stereocenters. The quantitative estimate of drug-likeness (QED) is 0.897. The van der Waals surface area contributed by atoms with E-state index >= 15 is 0 Å². The Morgan fingerprint density at radius 3 is 2.93 bits per heavy atom. The molecule has 2 nitrogen and oxygen atoms in total. The van der Waals surface area contributed by atoms with Crippen molar-refractivity contribution in [2.45, 2.75) is 44.4 Å². The van der Waals surface area contributed by atoms with Gasteiger partial charge < -0.3 is 10.4 Å². The van der Waals surface area contributed by atoms with Gasteiger partial charge in [0.05, 0.1) is 6.10 Å². The maximum Gasteiger partial charge on any atom is 0.0693 e. The molecule has 1 heterocycles. The first-order valence-corrected chi connectivity index (χ1v) is 7.07. The Hall–Kier alpha value is 0.1000. The lowest BCUT2D eigenvalue weighted by Gasteiger charge is -2.28. The van der Waals surface area contributed by atoms with Gasteiger partial charge in [-0.25, -0.2) is 0 Å². The number of nitrogens with one attached hydrogen (secondary N) is 1. The average molecular weight is 290 g/mol. The summed E-state index contributed by atoms with van der Waals surface area (Å²) in [5.74, 6) is 0. The van der Waals surface area contributed by atoms with E-state index in [-0.39, 0.29) is 6.10 Å². The van der Waals surface area contributed by atoms with Crippen molar-refractivity contribution in [3.63, 3.8) is 0 Å². The van der Waals surface area contributed by atoms with Crippen molar-refractivity contribution in [3.05, 3.63) is 20.8 Å². The number of aliphatic hydroxyl groups is 1. The van der Waals surface area contributed by atoms with Crippen LogP contribution in [0.15, 0.2) is 15.9 Å². The van der Waals surface area contributed by atoms with E-state index in [1.807, 2.05) is 0 Å². The smallest absolute Gasteiger partial charge is 0.0693 e. The van der Waals surface area contributed by atoms with Crippen LogP contribution >= 0.6 is 27.3 Å². The highest BCUT2D eigenvalue weighted by atomic mass is 79.9. The number of hydrogen-bond donors (Lipinski definition) is 2. The van der Waals surface area contributed by atoms with Gasteiger partial charge in [-0.05, 0) is 34.8 Å². The molecule has 0 bridgehead atoms. The van der Waals surface area contributed by atoms with E-state index in [2.05, 4.69) is 32.7 Å². The summed E-state index contributed by atoms with van der Waals surface area (Å²) in [4.78, 5) is 1.32. The van der Waals surface area contributed by atoms with Gasteiger partial charge in [0.1, 0.15) is 0 Å². The predicted octanol–water partition coefficient (Wildman–Crippen LogP) is 2.90. The summed E-state index contributed by atoms with van der Waals surface area (Å²) in [5, 5.41) is 15.3. The van der Waals surface area contributed by atoms with Crippen molar-refractivity contribution in [3.8, 4) is 0 Å². The molecular formula is C11H16BrNOS. The van der Waals surface area contributed by atoms with Gasteiger partial charge >= 0.3 is 0 Å². The average Bonchev–Trinajstić information content (AvgIpc) is 2.63. The summed E-state index contributed by atoms with van der Waals surface area (Å²) in [5.41, 5.74) is 0. The minimum atomic E-state index is -0.151. The minimum Gasteiger partial charge on any atom is -0.392 e. The van der Waals surface area contributed by atoms with Gasteiger partial charge in [0, 0.05) is 27.3 Å². The van der Waals surface area contributed by atoms with Crippen molar-refractivity contribution >= 4 is 27.3 Å². The lowest BCUT2D eigenvalue weighted by molar-refractivity contribution is 0.0904. The normalized spacial score (nSPS) is 26.8. The Labute approximate surface area is 103 Å². The molecule has 0 aromatic carbocycles. The zero-order valence-corrected chi connectivity index (χ0v) is 11.0. The van der Waals surface area contributed by atoms with Crippen molar-refractivity contribution in [1.82, 2.24) is 5.32 Å². The summed E-state index contributed by atoms with van der Waals surface area (Å²) in [6, 6.07) is 2.42. The molecule has 1 aromatic heterocycles. The van der Waals surface area contributed by atoms with Gasteiger partial charge in [-0.15, -0.1) is 11.3 Å². The molecule has 15 heavy (non-hydrogen) atoms. The van der Waals surface area contributed by atoms with Crippen LogP contribution in [-0.4, -0.2) is 17.3 Å². The van der Waals surface area contributed by atoms with Gasteiger partial charge in [0.15, 0.2) is 0 Å². The number of rotatable bonds is 3. The Kier molecular flexibility index (Phi) is 4.20. The highest BCUT2D eigenvalue weighted by molar-refractivity contribution is 9.10. The number of hydrogen-bond acceptors (Lipinski definition) is 3. The molecule has 84 valence electrons. The molecule has 2 unspecified atom stereocenters. The first-order chi connectivity index (χ1) is 7.25. The van der Waals surface area contributed by atoms with Crippen LogP contribution in [0.1, 0.15) is 30.6 Å². The Balaban J connectivity index is 1.81. The first kappa shape index (κ1) is 11.6. The van der Waals surface area contributed by atoms with Gasteiger partial charge in [-0.1, -0.05) is 12.8 Å². The summed E-state index contributed by atoms with van der Waals surface area (Å²) in [6.07, 6.45) is 4.31. The standard InChI is InChI=1S/C11H16BrNOS/c12-8-5-9(15-7-8)6-13-10-3-1-2-4-11(10)14/h5,7,10-11,13-14H,1-4,6H2. The molecule has 0 aliphatic heterocycles. The Morgan fingerprint density at radius 1 is 1.47 bits per heavy atom. The summed E-state index contributed by atoms with van der Waals surface area (Å²) in [7, 11) is 0. The Bertz CT molecular complexity index is 315. The molecular weight excluding hydrogens is 274 g/mol. The molecule has 0 amide bonds. The van der Waals surface area contributed by atoms with E-state index in [9.17, 15) is 5.11 Å². The maximum atomic E-state index is 9.78. The fourth-order valence-corrected chi connectivity index (χ4v) is 3.43. The van der Waals surface area contributed by atoms with Crippen LogP contribution in [0.2, 0.25) is 0 Å². The lowest BCUT2D eigenvalue weighted by atomic mass is 9.92. The van der Waals surface area contributed by atoms with Crippen LogP contribution < -0.4 is 5.32 Å². The van der Waals surface area contributed by atoms with E-state index in [1.54, 1.807) is 11.3 Å². The van der Waals surface area contributed by atoms with Crippen LogP contribution in [0.25, 0.3) is 0 Å². The largest absolute Gasteiger partial charge is 0.392 e. The van der Waals surface area contributed by atoms with Crippen LogP contribution in [0.4, 0.5) is 0 Å². The van der Waals surface area contributed by atoms with Crippen molar-refractivity contribution in [1.29, 1.82) is 0 Å². The van der Waals surface area contributed by atoms with Crippen molar-refractivity contribution in [2.24, 2.45) is 0 Å². The van der Waals surface area contributed by atoms with Crippen LogP contribution in [0.5, 0.6) is 0 Å². The molecule has 1 aliphatic rings. The third-order valence-electron chi connectivity index (χ3n) is 2.89. The summed E-state index contributed by atoms with van der Waals surface area (Å²) >= 11 is 5.19. The van der Waals surface area contributed by atoms with Crippen molar-refractivity contribution in [2.75, 3.05) is 0 Å². The summed E-state index contributed by atoms with van der Waals surface area (Å²) < 4.78 is 1.15. The molecule has 1 aliphatic carbocycles. The highest BCUT2D eigenvalue weighted by Gasteiger charge is 2.22. The minimum absolute atomic E-state index is 0.151. The second-order valence-electron chi connectivity index (χ2n) is 4.07. The first-order valence-electron chi connectivity index (χ1n) is 5.40. The molecule has 2 N–H and O–H groups in total. The molecule has 1 aromatic rings. The second-order valence-corrected chi connectivity index (χ2v) is 5.98. The fraction of sp³-hybridized carbons (Fsp3) is 0.636.